The first kappa shape index (κ1) is 14.5. The highest BCUT2D eigenvalue weighted by Crippen LogP contribution is 2.25. The summed E-state index contributed by atoms with van der Waals surface area (Å²) in [6, 6.07) is 6.22. The molecule has 1 aromatic carbocycles. The molecule has 1 heterocycles. The number of benzene rings is 1. The summed E-state index contributed by atoms with van der Waals surface area (Å²) in [6.45, 7) is 4.82. The third-order valence-corrected chi connectivity index (χ3v) is 4.16. The van der Waals surface area contributed by atoms with E-state index in [1.54, 1.807) is 6.26 Å². The first-order chi connectivity index (χ1) is 8.99. The van der Waals surface area contributed by atoms with E-state index in [1.807, 2.05) is 13.0 Å². The predicted molar refractivity (Wildman–Crippen MR) is 82.3 cm³/mol. The van der Waals surface area contributed by atoms with E-state index in [-0.39, 0.29) is 5.38 Å². The van der Waals surface area contributed by atoms with Crippen LogP contribution in [0.3, 0.4) is 0 Å². The Hall–Kier alpha value is -0.870. The van der Waals surface area contributed by atoms with Gasteiger partial charge in [-0.3, -0.25) is 4.21 Å². The minimum absolute atomic E-state index is 0.125. The smallest absolute Gasteiger partial charge is 0.127 e. The SMILES string of the molecule is Cc1ccc2nc(C(C)Cl)n(CCCS(C)=O)c2c1. The second-order valence-electron chi connectivity index (χ2n) is 4.86. The molecule has 0 aliphatic heterocycles. The Bertz CT molecular complexity index is 607. The highest BCUT2D eigenvalue weighted by atomic mass is 35.5. The zero-order valence-electron chi connectivity index (χ0n) is 11.5. The molecule has 0 bridgehead atoms. The first-order valence-electron chi connectivity index (χ1n) is 6.40. The number of imidazole rings is 1. The van der Waals surface area contributed by atoms with Gasteiger partial charge in [-0.05, 0) is 38.0 Å². The molecule has 3 nitrogen and oxygen atoms in total. The fourth-order valence-electron chi connectivity index (χ4n) is 2.22. The molecule has 0 saturated heterocycles. The van der Waals surface area contributed by atoms with E-state index in [1.165, 1.54) is 5.56 Å². The molecule has 2 rings (SSSR count). The highest BCUT2D eigenvalue weighted by molar-refractivity contribution is 7.84. The summed E-state index contributed by atoms with van der Waals surface area (Å²) in [5.41, 5.74) is 3.30. The van der Waals surface area contributed by atoms with E-state index in [2.05, 4.69) is 28.6 Å². The Labute approximate surface area is 121 Å². The topological polar surface area (TPSA) is 34.9 Å². The fraction of sp³-hybridized carbons (Fsp3) is 0.500. The monoisotopic (exact) mass is 298 g/mol. The van der Waals surface area contributed by atoms with Gasteiger partial charge >= 0.3 is 0 Å². The van der Waals surface area contributed by atoms with Crippen LogP contribution >= 0.6 is 11.6 Å². The first-order valence-corrected chi connectivity index (χ1v) is 8.56. The number of aryl methyl sites for hydroxylation is 2. The normalized spacial score (nSPS) is 14.7. The average Bonchev–Trinajstić information content (AvgIpc) is 2.67. The minimum Gasteiger partial charge on any atom is -0.327 e. The van der Waals surface area contributed by atoms with Crippen molar-refractivity contribution in [3.8, 4) is 0 Å². The number of aromatic nitrogens is 2. The lowest BCUT2D eigenvalue weighted by Gasteiger charge is -2.10. The van der Waals surface area contributed by atoms with Crippen molar-refractivity contribution in [3.05, 3.63) is 29.6 Å². The molecule has 1 aromatic heterocycles. The number of fused-ring (bicyclic) bond motifs is 1. The number of hydrogen-bond donors (Lipinski definition) is 0. The second kappa shape index (κ2) is 6.06. The minimum atomic E-state index is -0.749. The van der Waals surface area contributed by atoms with Gasteiger partial charge in [0.1, 0.15) is 5.82 Å². The van der Waals surface area contributed by atoms with Crippen LogP contribution < -0.4 is 0 Å². The van der Waals surface area contributed by atoms with Gasteiger partial charge in [0.15, 0.2) is 0 Å². The molecular formula is C14H19ClN2OS. The van der Waals surface area contributed by atoms with Crippen molar-refractivity contribution in [2.75, 3.05) is 12.0 Å². The van der Waals surface area contributed by atoms with Gasteiger partial charge < -0.3 is 4.57 Å². The lowest BCUT2D eigenvalue weighted by Crippen LogP contribution is -2.07. The van der Waals surface area contributed by atoms with Crippen LogP contribution in [0.1, 0.15) is 30.1 Å². The Morgan fingerprint density at radius 2 is 2.21 bits per heavy atom. The van der Waals surface area contributed by atoms with Crippen molar-refractivity contribution >= 4 is 33.4 Å². The van der Waals surface area contributed by atoms with Crippen LogP contribution in [0.2, 0.25) is 0 Å². The Morgan fingerprint density at radius 1 is 1.47 bits per heavy atom. The van der Waals surface area contributed by atoms with E-state index in [9.17, 15) is 4.21 Å². The quantitative estimate of drug-likeness (QED) is 0.793. The van der Waals surface area contributed by atoms with Gasteiger partial charge in [0, 0.05) is 29.4 Å². The van der Waals surface area contributed by atoms with Crippen molar-refractivity contribution in [1.82, 2.24) is 9.55 Å². The maximum Gasteiger partial charge on any atom is 0.127 e. The molecule has 0 saturated carbocycles. The molecule has 2 atom stereocenters. The van der Waals surface area contributed by atoms with Crippen LogP contribution in [-0.2, 0) is 17.3 Å². The number of nitrogens with zero attached hydrogens (tertiary/aromatic N) is 2. The average molecular weight is 299 g/mol. The molecule has 0 spiro atoms. The van der Waals surface area contributed by atoms with Gasteiger partial charge in [0.05, 0.1) is 16.4 Å². The van der Waals surface area contributed by atoms with Crippen LogP contribution in [0, 0.1) is 6.92 Å². The maximum atomic E-state index is 11.2. The largest absolute Gasteiger partial charge is 0.327 e. The molecule has 19 heavy (non-hydrogen) atoms. The Morgan fingerprint density at radius 3 is 2.84 bits per heavy atom. The molecule has 2 aromatic rings. The lowest BCUT2D eigenvalue weighted by molar-refractivity contribution is 0.646. The highest BCUT2D eigenvalue weighted by Gasteiger charge is 2.14. The lowest BCUT2D eigenvalue weighted by atomic mass is 10.2. The van der Waals surface area contributed by atoms with E-state index >= 15 is 0 Å². The van der Waals surface area contributed by atoms with Gasteiger partial charge in [-0.25, -0.2) is 4.98 Å². The summed E-state index contributed by atoms with van der Waals surface area (Å²) in [6.07, 6.45) is 2.61. The van der Waals surface area contributed by atoms with Crippen LogP contribution in [-0.4, -0.2) is 25.8 Å². The molecule has 0 N–H and O–H groups in total. The zero-order valence-corrected chi connectivity index (χ0v) is 13.1. The van der Waals surface area contributed by atoms with E-state index in [4.69, 9.17) is 11.6 Å². The Balaban J connectivity index is 2.39. The molecule has 0 amide bonds. The van der Waals surface area contributed by atoms with Gasteiger partial charge in [0.25, 0.3) is 0 Å². The van der Waals surface area contributed by atoms with Gasteiger partial charge in [-0.1, -0.05) is 6.07 Å². The number of alkyl halides is 1. The number of halogens is 1. The van der Waals surface area contributed by atoms with Crippen molar-refractivity contribution in [3.63, 3.8) is 0 Å². The van der Waals surface area contributed by atoms with Gasteiger partial charge in [0.2, 0.25) is 0 Å². The zero-order chi connectivity index (χ0) is 14.0. The Kier molecular flexibility index (Phi) is 4.63. The summed E-state index contributed by atoms with van der Waals surface area (Å²) in [4.78, 5) is 4.61. The van der Waals surface area contributed by atoms with Crippen LogP contribution in [0.5, 0.6) is 0 Å². The molecule has 2 unspecified atom stereocenters. The van der Waals surface area contributed by atoms with Gasteiger partial charge in [-0.2, -0.15) is 0 Å². The van der Waals surface area contributed by atoms with E-state index in [0.717, 1.165) is 29.8 Å². The number of rotatable bonds is 5. The molecule has 104 valence electrons. The van der Waals surface area contributed by atoms with E-state index in [0.29, 0.717) is 5.75 Å². The van der Waals surface area contributed by atoms with Gasteiger partial charge in [-0.15, -0.1) is 11.6 Å². The van der Waals surface area contributed by atoms with E-state index < -0.39 is 10.8 Å². The third-order valence-electron chi connectivity index (χ3n) is 3.10. The summed E-state index contributed by atoms with van der Waals surface area (Å²) >= 11 is 6.22. The molecule has 0 aliphatic rings. The fourth-order valence-corrected chi connectivity index (χ4v) is 2.92. The molecule has 0 radical (unpaired) electrons. The second-order valence-corrected chi connectivity index (χ2v) is 7.07. The molecule has 5 heteroatoms. The third kappa shape index (κ3) is 3.37. The number of hydrogen-bond acceptors (Lipinski definition) is 2. The molecule has 0 fully saturated rings. The standard InChI is InChI=1S/C14H19ClN2OS/c1-10-5-6-12-13(9-10)17(7-4-8-19(3)18)14(16-12)11(2)15/h5-6,9,11H,4,7-8H2,1-3H3. The van der Waals surface area contributed by atoms with Crippen molar-refractivity contribution < 1.29 is 4.21 Å². The summed E-state index contributed by atoms with van der Waals surface area (Å²) in [5, 5.41) is -0.125. The van der Waals surface area contributed by atoms with Crippen molar-refractivity contribution in [1.29, 1.82) is 0 Å². The van der Waals surface area contributed by atoms with Crippen LogP contribution in [0.25, 0.3) is 11.0 Å². The maximum absolute atomic E-state index is 11.2. The summed E-state index contributed by atoms with van der Waals surface area (Å²) in [5.74, 6) is 1.60. The van der Waals surface area contributed by atoms with Crippen molar-refractivity contribution in [2.45, 2.75) is 32.2 Å². The summed E-state index contributed by atoms with van der Waals surface area (Å²) < 4.78 is 13.3. The van der Waals surface area contributed by atoms with Crippen LogP contribution in [0.4, 0.5) is 0 Å². The van der Waals surface area contributed by atoms with Crippen LogP contribution in [0.15, 0.2) is 18.2 Å². The van der Waals surface area contributed by atoms with Crippen molar-refractivity contribution in [2.24, 2.45) is 0 Å². The summed E-state index contributed by atoms with van der Waals surface area (Å²) in [7, 11) is -0.749. The molecule has 0 aliphatic carbocycles. The molecular weight excluding hydrogens is 280 g/mol. The predicted octanol–water partition coefficient (Wildman–Crippen LogP) is 3.41.